The maximum atomic E-state index is 14.8. The Kier molecular flexibility index (Phi) is 6.62. The SMILES string of the molecule is CCOC(=O)C=C1CCC(c2cc(F)ccc2F)(S(=O)(=O)c2ccc(Cl)cc2)CC1. The fraction of sp³-hybridized carbons (Fsp3) is 0.318. The zero-order chi connectivity index (χ0) is 21.9. The molecule has 0 aliphatic heterocycles. The number of halogens is 3. The maximum Gasteiger partial charge on any atom is 0.330 e. The van der Waals surface area contributed by atoms with Crippen LogP contribution in [0.1, 0.15) is 38.2 Å². The van der Waals surface area contributed by atoms with Crippen molar-refractivity contribution in [3.05, 3.63) is 76.3 Å². The number of esters is 1. The second-order valence-electron chi connectivity index (χ2n) is 7.13. The molecule has 30 heavy (non-hydrogen) atoms. The molecule has 0 amide bonds. The molecule has 1 fully saturated rings. The average molecular weight is 455 g/mol. The monoisotopic (exact) mass is 454 g/mol. The minimum absolute atomic E-state index is 0.00354. The summed E-state index contributed by atoms with van der Waals surface area (Å²) in [6.07, 6.45) is 1.83. The third-order valence-electron chi connectivity index (χ3n) is 5.37. The summed E-state index contributed by atoms with van der Waals surface area (Å²) in [5.41, 5.74) is 0.514. The number of carbonyl (C=O) groups excluding carboxylic acids is 1. The van der Waals surface area contributed by atoms with Crippen LogP contribution in [0.2, 0.25) is 5.02 Å². The van der Waals surface area contributed by atoms with Gasteiger partial charge in [-0.1, -0.05) is 17.2 Å². The molecule has 0 saturated heterocycles. The molecular weight excluding hydrogens is 434 g/mol. The van der Waals surface area contributed by atoms with Crippen molar-refractivity contribution in [3.8, 4) is 0 Å². The highest BCUT2D eigenvalue weighted by Crippen LogP contribution is 2.49. The van der Waals surface area contributed by atoms with Crippen LogP contribution in [0.4, 0.5) is 8.78 Å². The van der Waals surface area contributed by atoms with E-state index in [2.05, 4.69) is 0 Å². The highest BCUT2D eigenvalue weighted by Gasteiger charge is 2.49. The summed E-state index contributed by atoms with van der Waals surface area (Å²) in [4.78, 5) is 11.7. The molecular formula is C22H21ClF2O4S. The zero-order valence-electron chi connectivity index (χ0n) is 16.3. The van der Waals surface area contributed by atoms with E-state index in [1.807, 2.05) is 0 Å². The topological polar surface area (TPSA) is 60.4 Å². The second kappa shape index (κ2) is 8.86. The third-order valence-corrected chi connectivity index (χ3v) is 8.17. The maximum absolute atomic E-state index is 14.8. The van der Waals surface area contributed by atoms with Crippen LogP contribution in [0.3, 0.4) is 0 Å². The van der Waals surface area contributed by atoms with Gasteiger partial charge in [-0.2, -0.15) is 0 Å². The largest absolute Gasteiger partial charge is 0.463 e. The Balaban J connectivity index is 2.09. The first-order valence-electron chi connectivity index (χ1n) is 9.51. The van der Waals surface area contributed by atoms with Gasteiger partial charge in [0, 0.05) is 16.7 Å². The van der Waals surface area contributed by atoms with E-state index in [9.17, 15) is 22.0 Å². The van der Waals surface area contributed by atoms with Crippen LogP contribution in [0.25, 0.3) is 0 Å². The van der Waals surface area contributed by atoms with Crippen LogP contribution in [-0.2, 0) is 24.1 Å². The van der Waals surface area contributed by atoms with Gasteiger partial charge in [0.25, 0.3) is 0 Å². The fourth-order valence-corrected chi connectivity index (χ4v) is 6.10. The summed E-state index contributed by atoms with van der Waals surface area (Å²) in [5, 5.41) is 0.364. The Hall–Kier alpha value is -2.25. The molecule has 8 heteroatoms. The van der Waals surface area contributed by atoms with Gasteiger partial charge in [0.1, 0.15) is 16.4 Å². The van der Waals surface area contributed by atoms with Gasteiger partial charge in [-0.15, -0.1) is 0 Å². The molecule has 4 nitrogen and oxygen atoms in total. The van der Waals surface area contributed by atoms with E-state index in [1.165, 1.54) is 30.3 Å². The number of benzene rings is 2. The van der Waals surface area contributed by atoms with Gasteiger partial charge >= 0.3 is 5.97 Å². The fourth-order valence-electron chi connectivity index (χ4n) is 3.84. The molecule has 2 aromatic rings. The molecule has 0 heterocycles. The molecule has 2 aromatic carbocycles. The molecule has 0 bridgehead atoms. The van der Waals surface area contributed by atoms with Crippen molar-refractivity contribution < 1.29 is 26.7 Å². The summed E-state index contributed by atoms with van der Waals surface area (Å²) in [6, 6.07) is 8.45. The summed E-state index contributed by atoms with van der Waals surface area (Å²) in [6.45, 7) is 1.92. The Morgan fingerprint density at radius 3 is 2.37 bits per heavy atom. The van der Waals surface area contributed by atoms with E-state index in [-0.39, 0.29) is 42.7 Å². The molecule has 3 rings (SSSR count). The quantitative estimate of drug-likeness (QED) is 0.451. The van der Waals surface area contributed by atoms with Crippen molar-refractivity contribution in [2.75, 3.05) is 6.61 Å². The lowest BCUT2D eigenvalue weighted by atomic mass is 9.80. The number of hydrogen-bond acceptors (Lipinski definition) is 4. The highest BCUT2D eigenvalue weighted by molar-refractivity contribution is 7.92. The molecule has 0 spiro atoms. The van der Waals surface area contributed by atoms with Gasteiger partial charge in [-0.25, -0.2) is 22.0 Å². The molecule has 0 unspecified atom stereocenters. The number of allylic oxidation sites excluding steroid dienone is 1. The number of carbonyl (C=O) groups is 1. The van der Waals surface area contributed by atoms with Gasteiger partial charge in [0.05, 0.1) is 11.5 Å². The van der Waals surface area contributed by atoms with Crippen molar-refractivity contribution in [2.45, 2.75) is 42.2 Å². The van der Waals surface area contributed by atoms with Crippen LogP contribution < -0.4 is 0 Å². The molecule has 1 aliphatic carbocycles. The van der Waals surface area contributed by atoms with Crippen molar-refractivity contribution in [2.24, 2.45) is 0 Å². The summed E-state index contributed by atoms with van der Waals surface area (Å²) >= 11 is 5.88. The van der Waals surface area contributed by atoms with Gasteiger partial charge in [0.2, 0.25) is 0 Å². The molecule has 0 atom stereocenters. The summed E-state index contributed by atoms with van der Waals surface area (Å²) in [7, 11) is -4.10. The molecule has 160 valence electrons. The molecule has 0 N–H and O–H groups in total. The van der Waals surface area contributed by atoms with Crippen LogP contribution in [0.5, 0.6) is 0 Å². The number of ether oxygens (including phenoxy) is 1. The Morgan fingerprint density at radius 1 is 1.13 bits per heavy atom. The van der Waals surface area contributed by atoms with Crippen molar-refractivity contribution in [1.82, 2.24) is 0 Å². The first kappa shape index (κ1) is 22.4. The van der Waals surface area contributed by atoms with E-state index in [1.54, 1.807) is 6.92 Å². The number of hydrogen-bond donors (Lipinski definition) is 0. The first-order valence-corrected chi connectivity index (χ1v) is 11.4. The van der Waals surface area contributed by atoms with Gasteiger partial charge < -0.3 is 4.74 Å². The standard InChI is InChI=1S/C22H21ClF2O4S/c1-2-29-21(26)13-15-9-11-22(12-10-15,19-14-17(24)5-8-20(19)25)30(27,28)18-6-3-16(23)4-7-18/h3-8,13-14H,2,9-12H2,1H3. The van der Waals surface area contributed by atoms with Crippen LogP contribution >= 0.6 is 11.6 Å². The summed E-state index contributed by atoms with van der Waals surface area (Å²) < 4.78 is 59.4. The normalized spacial score (nSPS) is 19.4. The Labute approximate surface area is 179 Å². The number of rotatable bonds is 5. The van der Waals surface area contributed by atoms with Crippen molar-refractivity contribution >= 4 is 27.4 Å². The van der Waals surface area contributed by atoms with Crippen molar-refractivity contribution in [1.29, 1.82) is 0 Å². The second-order valence-corrected chi connectivity index (χ2v) is 9.83. The average Bonchev–Trinajstić information content (AvgIpc) is 2.71. The molecule has 0 radical (unpaired) electrons. The van der Waals surface area contributed by atoms with Gasteiger partial charge in [0.15, 0.2) is 9.84 Å². The highest BCUT2D eigenvalue weighted by atomic mass is 35.5. The zero-order valence-corrected chi connectivity index (χ0v) is 17.9. The molecule has 0 aromatic heterocycles. The van der Waals surface area contributed by atoms with E-state index in [0.29, 0.717) is 10.6 Å². The van der Waals surface area contributed by atoms with Crippen LogP contribution in [0.15, 0.2) is 59.0 Å². The van der Waals surface area contributed by atoms with Crippen LogP contribution in [-0.4, -0.2) is 21.0 Å². The van der Waals surface area contributed by atoms with Crippen molar-refractivity contribution in [3.63, 3.8) is 0 Å². The lowest BCUT2D eigenvalue weighted by Crippen LogP contribution is -2.39. The lowest BCUT2D eigenvalue weighted by molar-refractivity contribution is -0.137. The Bertz CT molecular complexity index is 1070. The molecule has 1 saturated carbocycles. The van der Waals surface area contributed by atoms with Gasteiger partial charge in [-0.3, -0.25) is 0 Å². The van der Waals surface area contributed by atoms with Gasteiger partial charge in [-0.05, 0) is 75.1 Å². The smallest absolute Gasteiger partial charge is 0.330 e. The van der Waals surface area contributed by atoms with E-state index in [0.717, 1.165) is 18.2 Å². The number of sulfone groups is 1. The molecule has 1 aliphatic rings. The lowest BCUT2D eigenvalue weighted by Gasteiger charge is -2.38. The van der Waals surface area contributed by atoms with E-state index in [4.69, 9.17) is 16.3 Å². The predicted molar refractivity (Wildman–Crippen MR) is 110 cm³/mol. The minimum Gasteiger partial charge on any atom is -0.463 e. The third kappa shape index (κ3) is 4.27. The van der Waals surface area contributed by atoms with E-state index >= 15 is 0 Å². The Morgan fingerprint density at radius 2 is 1.77 bits per heavy atom. The minimum atomic E-state index is -4.10. The van der Waals surface area contributed by atoms with E-state index < -0.39 is 32.2 Å². The van der Waals surface area contributed by atoms with Crippen LogP contribution in [0, 0.1) is 11.6 Å². The first-order chi connectivity index (χ1) is 14.2. The summed E-state index contributed by atoms with van der Waals surface area (Å²) in [5.74, 6) is -2.01. The predicted octanol–water partition coefficient (Wildman–Crippen LogP) is 5.35.